The summed E-state index contributed by atoms with van der Waals surface area (Å²) in [6.45, 7) is 9.50. The van der Waals surface area contributed by atoms with Crippen LogP contribution in [0.25, 0.3) is 0 Å². The van der Waals surface area contributed by atoms with Gasteiger partial charge in [0.15, 0.2) is 0 Å². The molecule has 1 aliphatic heterocycles. The van der Waals surface area contributed by atoms with Crippen LogP contribution in [0.3, 0.4) is 0 Å². The Balaban J connectivity index is 2.18. The fourth-order valence-corrected chi connectivity index (χ4v) is 2.25. The van der Waals surface area contributed by atoms with E-state index >= 15 is 0 Å². The summed E-state index contributed by atoms with van der Waals surface area (Å²) in [6, 6.07) is 7.03. The van der Waals surface area contributed by atoms with E-state index in [1.165, 1.54) is 16.7 Å². The largest absolute Gasteiger partial charge is 0.368 e. The van der Waals surface area contributed by atoms with Gasteiger partial charge in [0, 0.05) is 12.6 Å². The van der Waals surface area contributed by atoms with Crippen molar-refractivity contribution in [3.8, 4) is 0 Å². The van der Waals surface area contributed by atoms with Gasteiger partial charge in [-0.2, -0.15) is 0 Å². The van der Waals surface area contributed by atoms with Gasteiger partial charge in [-0.3, -0.25) is 0 Å². The van der Waals surface area contributed by atoms with Gasteiger partial charge in [0.1, 0.15) is 0 Å². The van der Waals surface area contributed by atoms with Crippen molar-refractivity contribution in [2.75, 3.05) is 6.54 Å². The molecule has 1 saturated heterocycles. The SMILES string of the molecule is Cc1ccc(C2CNC(C)C(C)O2)c(C)c1. The van der Waals surface area contributed by atoms with Crippen molar-refractivity contribution >= 4 is 0 Å². The molecule has 3 unspecified atom stereocenters. The minimum Gasteiger partial charge on any atom is -0.368 e. The molecule has 88 valence electrons. The third kappa shape index (κ3) is 2.28. The maximum atomic E-state index is 6.04. The van der Waals surface area contributed by atoms with Crippen LogP contribution in [-0.4, -0.2) is 18.7 Å². The summed E-state index contributed by atoms with van der Waals surface area (Å²) in [5.74, 6) is 0. The Morgan fingerprint density at radius 1 is 1.25 bits per heavy atom. The molecular weight excluding hydrogens is 198 g/mol. The lowest BCUT2D eigenvalue weighted by Gasteiger charge is -2.34. The van der Waals surface area contributed by atoms with Gasteiger partial charge in [-0.15, -0.1) is 0 Å². The van der Waals surface area contributed by atoms with Crippen LogP contribution in [0.1, 0.15) is 36.6 Å². The third-order valence-corrected chi connectivity index (χ3v) is 3.48. The molecule has 1 aromatic rings. The number of hydrogen-bond acceptors (Lipinski definition) is 2. The molecule has 0 aromatic heterocycles. The zero-order chi connectivity index (χ0) is 11.7. The first-order valence-corrected chi connectivity index (χ1v) is 6.04. The highest BCUT2D eigenvalue weighted by Crippen LogP contribution is 2.26. The molecule has 0 bridgehead atoms. The predicted octanol–water partition coefficient (Wildman–Crippen LogP) is 2.74. The van der Waals surface area contributed by atoms with Gasteiger partial charge in [0.25, 0.3) is 0 Å². The van der Waals surface area contributed by atoms with E-state index in [2.05, 4.69) is 51.2 Å². The molecule has 1 aliphatic rings. The minimum absolute atomic E-state index is 0.201. The van der Waals surface area contributed by atoms with Crippen LogP contribution in [0.2, 0.25) is 0 Å². The van der Waals surface area contributed by atoms with Gasteiger partial charge in [-0.05, 0) is 38.8 Å². The van der Waals surface area contributed by atoms with E-state index in [1.807, 2.05) is 0 Å². The monoisotopic (exact) mass is 219 g/mol. The highest BCUT2D eigenvalue weighted by Gasteiger charge is 2.26. The zero-order valence-electron chi connectivity index (χ0n) is 10.6. The molecule has 1 aromatic carbocycles. The number of rotatable bonds is 1. The zero-order valence-corrected chi connectivity index (χ0v) is 10.6. The van der Waals surface area contributed by atoms with E-state index < -0.39 is 0 Å². The number of ether oxygens (including phenoxy) is 1. The summed E-state index contributed by atoms with van der Waals surface area (Å²) >= 11 is 0. The van der Waals surface area contributed by atoms with Crippen LogP contribution in [0, 0.1) is 13.8 Å². The maximum absolute atomic E-state index is 6.04. The Kier molecular flexibility index (Phi) is 3.31. The molecule has 1 N–H and O–H groups in total. The molecule has 3 atom stereocenters. The van der Waals surface area contributed by atoms with E-state index in [0.717, 1.165) is 6.54 Å². The van der Waals surface area contributed by atoms with Crippen LogP contribution in [0.4, 0.5) is 0 Å². The van der Waals surface area contributed by atoms with Crippen molar-refractivity contribution in [3.05, 3.63) is 34.9 Å². The quantitative estimate of drug-likeness (QED) is 0.784. The molecule has 0 amide bonds. The second-order valence-electron chi connectivity index (χ2n) is 4.89. The van der Waals surface area contributed by atoms with E-state index in [9.17, 15) is 0 Å². The van der Waals surface area contributed by atoms with Crippen molar-refractivity contribution in [2.45, 2.75) is 45.9 Å². The molecule has 2 nitrogen and oxygen atoms in total. The molecule has 0 spiro atoms. The van der Waals surface area contributed by atoms with E-state index in [4.69, 9.17) is 4.74 Å². The summed E-state index contributed by atoms with van der Waals surface area (Å²) < 4.78 is 6.04. The van der Waals surface area contributed by atoms with Crippen molar-refractivity contribution in [2.24, 2.45) is 0 Å². The molecule has 2 heteroatoms. The number of benzene rings is 1. The Hall–Kier alpha value is -0.860. The predicted molar refractivity (Wildman–Crippen MR) is 66.7 cm³/mol. The number of nitrogens with one attached hydrogen (secondary N) is 1. The minimum atomic E-state index is 0.201. The fourth-order valence-electron chi connectivity index (χ4n) is 2.25. The van der Waals surface area contributed by atoms with Crippen LogP contribution >= 0.6 is 0 Å². The third-order valence-electron chi connectivity index (χ3n) is 3.48. The fraction of sp³-hybridized carbons (Fsp3) is 0.571. The summed E-state index contributed by atoms with van der Waals surface area (Å²) in [5, 5.41) is 3.50. The molecule has 1 heterocycles. The average Bonchev–Trinajstić information content (AvgIpc) is 2.22. The Morgan fingerprint density at radius 3 is 2.62 bits per heavy atom. The van der Waals surface area contributed by atoms with Crippen LogP contribution in [-0.2, 0) is 4.74 Å². The lowest BCUT2D eigenvalue weighted by molar-refractivity contribution is -0.0511. The van der Waals surface area contributed by atoms with Crippen LogP contribution in [0.5, 0.6) is 0 Å². The lowest BCUT2D eigenvalue weighted by Crippen LogP contribution is -2.46. The lowest BCUT2D eigenvalue weighted by atomic mass is 9.99. The molecule has 2 rings (SSSR count). The van der Waals surface area contributed by atoms with Gasteiger partial charge in [-0.1, -0.05) is 23.8 Å². The van der Waals surface area contributed by atoms with Crippen molar-refractivity contribution in [3.63, 3.8) is 0 Å². The van der Waals surface area contributed by atoms with Crippen molar-refractivity contribution in [1.82, 2.24) is 5.32 Å². The summed E-state index contributed by atoms with van der Waals surface area (Å²) in [7, 11) is 0. The first-order valence-electron chi connectivity index (χ1n) is 6.04. The molecule has 16 heavy (non-hydrogen) atoms. The van der Waals surface area contributed by atoms with Crippen molar-refractivity contribution < 1.29 is 4.74 Å². The summed E-state index contributed by atoms with van der Waals surface area (Å²) in [4.78, 5) is 0. The van der Waals surface area contributed by atoms with Gasteiger partial charge in [0.05, 0.1) is 12.2 Å². The van der Waals surface area contributed by atoms with Gasteiger partial charge >= 0.3 is 0 Å². The molecule has 0 saturated carbocycles. The van der Waals surface area contributed by atoms with E-state index in [0.29, 0.717) is 6.04 Å². The van der Waals surface area contributed by atoms with Gasteiger partial charge in [-0.25, -0.2) is 0 Å². The smallest absolute Gasteiger partial charge is 0.0956 e. The Labute approximate surface area is 98.0 Å². The van der Waals surface area contributed by atoms with Gasteiger partial charge < -0.3 is 10.1 Å². The van der Waals surface area contributed by atoms with Crippen LogP contribution < -0.4 is 5.32 Å². The number of hydrogen-bond donors (Lipinski definition) is 1. The molecule has 1 fully saturated rings. The van der Waals surface area contributed by atoms with Gasteiger partial charge in [0.2, 0.25) is 0 Å². The first kappa shape index (κ1) is 11.6. The van der Waals surface area contributed by atoms with Crippen LogP contribution in [0.15, 0.2) is 18.2 Å². The summed E-state index contributed by atoms with van der Waals surface area (Å²) in [6.07, 6.45) is 0.478. The highest BCUT2D eigenvalue weighted by atomic mass is 16.5. The van der Waals surface area contributed by atoms with E-state index in [-0.39, 0.29) is 12.2 Å². The number of morpholine rings is 1. The molecule has 0 aliphatic carbocycles. The van der Waals surface area contributed by atoms with Crippen molar-refractivity contribution in [1.29, 1.82) is 0 Å². The van der Waals surface area contributed by atoms with E-state index in [1.54, 1.807) is 0 Å². The second kappa shape index (κ2) is 4.56. The number of aryl methyl sites for hydroxylation is 2. The standard InChI is InChI=1S/C14H21NO/c1-9-5-6-13(10(2)7-9)14-8-15-11(3)12(4)16-14/h5-7,11-12,14-15H,8H2,1-4H3. The molecule has 0 radical (unpaired) electrons. The molecular formula is C14H21NO. The first-order chi connectivity index (χ1) is 7.58. The Morgan fingerprint density at radius 2 is 2.00 bits per heavy atom. The summed E-state index contributed by atoms with van der Waals surface area (Å²) in [5.41, 5.74) is 3.96. The Bertz CT molecular complexity index is 375. The topological polar surface area (TPSA) is 21.3 Å². The average molecular weight is 219 g/mol. The normalized spacial score (nSPS) is 30.4. The maximum Gasteiger partial charge on any atom is 0.0956 e. The highest BCUT2D eigenvalue weighted by molar-refractivity contribution is 5.32. The second-order valence-corrected chi connectivity index (χ2v) is 4.89.